The van der Waals surface area contributed by atoms with Crippen LogP contribution in [0.4, 0.5) is 0 Å². The lowest BCUT2D eigenvalue weighted by Crippen LogP contribution is -2.32. The van der Waals surface area contributed by atoms with Gasteiger partial charge in [-0.15, -0.1) is 0 Å². The summed E-state index contributed by atoms with van der Waals surface area (Å²) in [5.41, 5.74) is 2.47. The Morgan fingerprint density at radius 2 is 1.86 bits per heavy atom. The zero-order valence-corrected chi connectivity index (χ0v) is 20.2. The molecule has 0 aliphatic carbocycles. The van der Waals surface area contributed by atoms with Crippen LogP contribution in [0.1, 0.15) is 39.8 Å². The number of amides is 1. The van der Waals surface area contributed by atoms with Gasteiger partial charge in [0.2, 0.25) is 0 Å². The Hall–Kier alpha value is -3.98. The first kappa shape index (κ1) is 24.2. The number of carbonyl (C=O) groups is 3. The van der Waals surface area contributed by atoms with Crippen LogP contribution in [0, 0.1) is 6.92 Å². The number of aryl methyl sites for hydroxylation is 1. The summed E-state index contributed by atoms with van der Waals surface area (Å²) in [6.45, 7) is 2.80. The lowest BCUT2D eigenvalue weighted by atomic mass is 9.95. The Morgan fingerprint density at radius 1 is 1.14 bits per heavy atom. The number of ketones is 1. The smallest absolute Gasteiger partial charge is 0.337 e. The van der Waals surface area contributed by atoms with Gasteiger partial charge in [-0.1, -0.05) is 18.2 Å². The summed E-state index contributed by atoms with van der Waals surface area (Å²) in [4.78, 5) is 46.3. The summed E-state index contributed by atoms with van der Waals surface area (Å²) in [6.07, 6.45) is 2.39. The second kappa shape index (κ2) is 9.71. The Labute approximate surface area is 203 Å². The lowest BCUT2D eigenvalue weighted by molar-refractivity contribution is -0.139. The van der Waals surface area contributed by atoms with Gasteiger partial charge in [0.05, 0.1) is 30.0 Å². The number of pyridine rings is 1. The molecular formula is C26H28N4O5. The molecule has 0 saturated carbocycles. The summed E-state index contributed by atoms with van der Waals surface area (Å²) in [6, 6.07) is 11.1. The monoisotopic (exact) mass is 476 g/mol. The molecule has 0 spiro atoms. The van der Waals surface area contributed by atoms with E-state index in [1.54, 1.807) is 53.9 Å². The maximum atomic E-state index is 13.3. The highest BCUT2D eigenvalue weighted by Crippen LogP contribution is 2.40. The topological polar surface area (TPSA) is 104 Å². The molecule has 1 amide bonds. The third-order valence-electron chi connectivity index (χ3n) is 6.12. The zero-order valence-electron chi connectivity index (χ0n) is 20.2. The average Bonchev–Trinajstić information content (AvgIpc) is 3.31. The number of aromatic nitrogens is 2. The van der Waals surface area contributed by atoms with Crippen LogP contribution in [0.15, 0.2) is 54.2 Å². The number of aliphatic hydroxyl groups is 1. The van der Waals surface area contributed by atoms with Crippen molar-refractivity contribution in [3.63, 3.8) is 0 Å². The second-order valence-electron chi connectivity index (χ2n) is 8.74. The van der Waals surface area contributed by atoms with Crippen LogP contribution in [-0.4, -0.2) is 76.2 Å². The fraction of sp³-hybridized carbons (Fsp3) is 0.308. The van der Waals surface area contributed by atoms with Gasteiger partial charge in [0, 0.05) is 12.7 Å². The summed E-state index contributed by atoms with van der Waals surface area (Å²) in [5.74, 6) is -2.19. The number of ether oxygens (including phenoxy) is 1. The fourth-order valence-corrected chi connectivity index (χ4v) is 4.46. The van der Waals surface area contributed by atoms with Crippen LogP contribution in [0.2, 0.25) is 0 Å². The predicted molar refractivity (Wildman–Crippen MR) is 130 cm³/mol. The first-order valence-corrected chi connectivity index (χ1v) is 11.3. The molecule has 1 aliphatic heterocycles. The number of rotatable bonds is 7. The largest absolute Gasteiger partial charge is 0.505 e. The number of methoxy groups -OCH3 is 1. The SMILES string of the molecule is COC(=O)c1ccc([C@H]2/C(=C(\O)c3c(C)nc4ccccn34)C(=O)C(=O)N2CCCN(C)C)cc1. The molecule has 0 bridgehead atoms. The van der Waals surface area contributed by atoms with Crippen molar-refractivity contribution in [2.45, 2.75) is 19.4 Å². The Bertz CT molecular complexity index is 1320. The number of hydrogen-bond acceptors (Lipinski definition) is 7. The maximum Gasteiger partial charge on any atom is 0.337 e. The first-order valence-electron chi connectivity index (χ1n) is 11.3. The van der Waals surface area contributed by atoms with Crippen molar-refractivity contribution in [1.29, 1.82) is 0 Å². The molecule has 182 valence electrons. The molecule has 1 aromatic carbocycles. The molecular weight excluding hydrogens is 448 g/mol. The van der Waals surface area contributed by atoms with Gasteiger partial charge in [-0.25, -0.2) is 9.78 Å². The number of aliphatic hydroxyl groups excluding tert-OH is 1. The van der Waals surface area contributed by atoms with E-state index in [4.69, 9.17) is 4.74 Å². The Balaban J connectivity index is 1.86. The minimum absolute atomic E-state index is 0.000533. The number of hydrogen-bond donors (Lipinski definition) is 1. The molecule has 2 aromatic heterocycles. The van der Waals surface area contributed by atoms with Crippen LogP contribution in [-0.2, 0) is 14.3 Å². The van der Waals surface area contributed by atoms with E-state index in [9.17, 15) is 19.5 Å². The van der Waals surface area contributed by atoms with Crippen molar-refractivity contribution in [3.8, 4) is 0 Å². The number of nitrogens with zero attached hydrogens (tertiary/aromatic N) is 4. The van der Waals surface area contributed by atoms with Gasteiger partial charge >= 0.3 is 5.97 Å². The number of carbonyl (C=O) groups excluding carboxylic acids is 3. The van der Waals surface area contributed by atoms with E-state index in [-0.39, 0.29) is 11.3 Å². The highest BCUT2D eigenvalue weighted by molar-refractivity contribution is 6.46. The number of likely N-dealkylation sites (tertiary alicyclic amines) is 1. The minimum Gasteiger partial charge on any atom is -0.505 e. The number of esters is 1. The van der Waals surface area contributed by atoms with Crippen LogP contribution >= 0.6 is 0 Å². The van der Waals surface area contributed by atoms with E-state index < -0.39 is 23.7 Å². The van der Waals surface area contributed by atoms with E-state index in [1.807, 2.05) is 25.1 Å². The molecule has 1 N–H and O–H groups in total. The molecule has 9 heteroatoms. The molecule has 1 atom stereocenters. The summed E-state index contributed by atoms with van der Waals surface area (Å²) in [7, 11) is 5.17. The van der Waals surface area contributed by atoms with Gasteiger partial charge < -0.3 is 19.6 Å². The second-order valence-corrected chi connectivity index (χ2v) is 8.74. The Morgan fingerprint density at radius 3 is 2.51 bits per heavy atom. The maximum absolute atomic E-state index is 13.3. The van der Waals surface area contributed by atoms with Gasteiger partial charge in [-0.05, 0) is 63.8 Å². The summed E-state index contributed by atoms with van der Waals surface area (Å²) >= 11 is 0. The van der Waals surface area contributed by atoms with Gasteiger partial charge in [0.15, 0.2) is 5.76 Å². The molecule has 0 unspecified atom stereocenters. The van der Waals surface area contributed by atoms with Crippen LogP contribution in [0.5, 0.6) is 0 Å². The third kappa shape index (κ3) is 4.42. The van der Waals surface area contributed by atoms with Crippen molar-refractivity contribution >= 4 is 29.1 Å². The molecule has 1 saturated heterocycles. The molecule has 4 rings (SSSR count). The van der Waals surface area contributed by atoms with Crippen LogP contribution < -0.4 is 0 Å². The van der Waals surface area contributed by atoms with Crippen LogP contribution in [0.3, 0.4) is 0 Å². The van der Waals surface area contributed by atoms with Crippen LogP contribution in [0.25, 0.3) is 11.4 Å². The Kier molecular flexibility index (Phi) is 6.70. The van der Waals surface area contributed by atoms with Gasteiger partial charge in [-0.3, -0.25) is 14.0 Å². The first-order chi connectivity index (χ1) is 16.7. The minimum atomic E-state index is -0.808. The average molecular weight is 477 g/mol. The molecule has 9 nitrogen and oxygen atoms in total. The normalized spacial score (nSPS) is 17.5. The number of benzene rings is 1. The van der Waals surface area contributed by atoms with Crippen molar-refractivity contribution in [1.82, 2.24) is 19.2 Å². The highest BCUT2D eigenvalue weighted by Gasteiger charge is 2.46. The standard InChI is InChI=1S/C26H28N4O5/c1-16-21(29-14-6-5-8-19(29)27-16)23(31)20-22(17-9-11-18(12-10-17)26(34)35-4)30(25(33)24(20)32)15-7-13-28(2)3/h5-6,8-12,14,22,31H,7,13,15H2,1-4H3/b23-20+/t22-/m0/s1. The third-order valence-corrected chi connectivity index (χ3v) is 6.12. The van der Waals surface area contributed by atoms with Gasteiger partial charge in [0.1, 0.15) is 11.3 Å². The quantitative estimate of drug-likeness (QED) is 0.242. The van der Waals surface area contributed by atoms with Crippen molar-refractivity contribution < 1.29 is 24.2 Å². The van der Waals surface area contributed by atoms with E-state index in [0.717, 1.165) is 6.54 Å². The number of imidazole rings is 1. The van der Waals surface area contributed by atoms with Crippen molar-refractivity contribution in [3.05, 3.63) is 76.7 Å². The van der Waals surface area contributed by atoms with Gasteiger partial charge in [-0.2, -0.15) is 0 Å². The van der Waals surface area contributed by atoms with E-state index >= 15 is 0 Å². The van der Waals surface area contributed by atoms with Crippen molar-refractivity contribution in [2.75, 3.05) is 34.3 Å². The zero-order chi connectivity index (χ0) is 25.3. The molecule has 1 aliphatic rings. The number of Topliss-reactive ketones (excluding diaryl/α,β-unsaturated/α-hetero) is 1. The summed E-state index contributed by atoms with van der Waals surface area (Å²) in [5, 5.41) is 11.5. The van der Waals surface area contributed by atoms with E-state index in [1.165, 1.54) is 12.0 Å². The molecule has 3 aromatic rings. The molecule has 0 radical (unpaired) electrons. The molecule has 35 heavy (non-hydrogen) atoms. The van der Waals surface area contributed by atoms with Gasteiger partial charge in [0.25, 0.3) is 11.7 Å². The fourth-order valence-electron chi connectivity index (χ4n) is 4.46. The molecule has 1 fully saturated rings. The van der Waals surface area contributed by atoms with E-state index in [0.29, 0.717) is 41.1 Å². The molecule has 3 heterocycles. The highest BCUT2D eigenvalue weighted by atomic mass is 16.5. The predicted octanol–water partition coefficient (Wildman–Crippen LogP) is 2.80. The van der Waals surface area contributed by atoms with E-state index in [2.05, 4.69) is 4.98 Å². The lowest BCUT2D eigenvalue weighted by Gasteiger charge is -2.26. The summed E-state index contributed by atoms with van der Waals surface area (Å²) < 4.78 is 6.47. The van der Waals surface area contributed by atoms with Crippen molar-refractivity contribution in [2.24, 2.45) is 0 Å². The number of fused-ring (bicyclic) bond motifs is 1.